The summed E-state index contributed by atoms with van der Waals surface area (Å²) in [6.07, 6.45) is 0. The van der Waals surface area contributed by atoms with Gasteiger partial charge in [-0.3, -0.25) is 9.59 Å². The molecule has 27 heavy (non-hydrogen) atoms. The Morgan fingerprint density at radius 1 is 0.963 bits per heavy atom. The SMILES string of the molecule is Cc1cc(NC(=O)c2sccc2-c2ccccc2)ccc1C(=O)NC(C)C. The van der Waals surface area contributed by atoms with Crippen LogP contribution in [0.25, 0.3) is 11.1 Å². The van der Waals surface area contributed by atoms with Crippen molar-refractivity contribution in [2.24, 2.45) is 0 Å². The molecule has 4 nitrogen and oxygen atoms in total. The quantitative estimate of drug-likeness (QED) is 0.648. The van der Waals surface area contributed by atoms with Gasteiger partial charge in [-0.1, -0.05) is 30.3 Å². The maximum Gasteiger partial charge on any atom is 0.266 e. The van der Waals surface area contributed by atoms with Gasteiger partial charge in [0.15, 0.2) is 0 Å². The molecule has 138 valence electrons. The van der Waals surface area contributed by atoms with Crippen LogP contribution >= 0.6 is 11.3 Å². The second kappa shape index (κ2) is 8.18. The van der Waals surface area contributed by atoms with E-state index in [-0.39, 0.29) is 17.9 Å². The summed E-state index contributed by atoms with van der Waals surface area (Å²) in [6.45, 7) is 5.71. The zero-order valence-corrected chi connectivity index (χ0v) is 16.4. The fourth-order valence-corrected chi connectivity index (χ4v) is 3.67. The number of amides is 2. The van der Waals surface area contributed by atoms with Crippen LogP contribution in [0.5, 0.6) is 0 Å². The minimum Gasteiger partial charge on any atom is -0.350 e. The minimum atomic E-state index is -0.150. The van der Waals surface area contributed by atoms with E-state index in [4.69, 9.17) is 0 Å². The van der Waals surface area contributed by atoms with Crippen molar-refractivity contribution in [1.29, 1.82) is 0 Å². The third-order valence-corrected chi connectivity index (χ3v) is 5.02. The largest absolute Gasteiger partial charge is 0.350 e. The Balaban J connectivity index is 1.79. The van der Waals surface area contributed by atoms with Gasteiger partial charge in [-0.2, -0.15) is 0 Å². The molecule has 0 fully saturated rings. The molecule has 1 heterocycles. The Labute approximate surface area is 163 Å². The Kier molecular flexibility index (Phi) is 5.72. The lowest BCUT2D eigenvalue weighted by Gasteiger charge is -2.12. The van der Waals surface area contributed by atoms with E-state index in [1.165, 1.54) is 11.3 Å². The molecule has 0 saturated heterocycles. The van der Waals surface area contributed by atoms with Gasteiger partial charge < -0.3 is 10.6 Å². The molecular formula is C22H22N2O2S. The summed E-state index contributed by atoms with van der Waals surface area (Å²) in [5.74, 6) is -0.257. The number of anilines is 1. The van der Waals surface area contributed by atoms with E-state index in [9.17, 15) is 9.59 Å². The smallest absolute Gasteiger partial charge is 0.266 e. The maximum atomic E-state index is 12.8. The number of nitrogens with one attached hydrogen (secondary N) is 2. The van der Waals surface area contributed by atoms with Crippen LogP contribution in [0.1, 0.15) is 39.4 Å². The predicted octanol–water partition coefficient (Wildman–Crippen LogP) is 5.11. The van der Waals surface area contributed by atoms with Gasteiger partial charge in [0.2, 0.25) is 0 Å². The normalized spacial score (nSPS) is 10.7. The first-order valence-corrected chi connectivity index (χ1v) is 9.69. The van der Waals surface area contributed by atoms with Crippen molar-refractivity contribution >= 4 is 28.8 Å². The van der Waals surface area contributed by atoms with Gasteiger partial charge >= 0.3 is 0 Å². The fraction of sp³-hybridized carbons (Fsp3) is 0.182. The molecule has 5 heteroatoms. The summed E-state index contributed by atoms with van der Waals surface area (Å²) in [5.41, 5.74) is 4.04. The maximum absolute atomic E-state index is 12.8. The van der Waals surface area contributed by atoms with Crippen LogP contribution < -0.4 is 10.6 Å². The van der Waals surface area contributed by atoms with Gasteiger partial charge in [-0.05, 0) is 61.5 Å². The van der Waals surface area contributed by atoms with Gasteiger partial charge in [-0.15, -0.1) is 11.3 Å². The zero-order chi connectivity index (χ0) is 19.4. The predicted molar refractivity (Wildman–Crippen MR) is 111 cm³/mol. The fourth-order valence-electron chi connectivity index (χ4n) is 2.85. The first-order chi connectivity index (χ1) is 13.0. The summed E-state index contributed by atoms with van der Waals surface area (Å²) in [4.78, 5) is 25.6. The number of carbonyl (C=O) groups excluding carboxylic acids is 2. The van der Waals surface area contributed by atoms with Gasteiger partial charge in [0.25, 0.3) is 11.8 Å². The van der Waals surface area contributed by atoms with E-state index in [0.717, 1.165) is 16.7 Å². The van der Waals surface area contributed by atoms with Crippen LogP contribution in [0.3, 0.4) is 0 Å². The number of rotatable bonds is 5. The number of carbonyl (C=O) groups is 2. The Hall–Kier alpha value is -2.92. The highest BCUT2D eigenvalue weighted by atomic mass is 32.1. The lowest BCUT2D eigenvalue weighted by atomic mass is 10.1. The molecule has 0 unspecified atom stereocenters. The third-order valence-electron chi connectivity index (χ3n) is 4.10. The lowest BCUT2D eigenvalue weighted by molar-refractivity contribution is 0.0942. The molecule has 0 atom stereocenters. The second-order valence-corrected chi connectivity index (χ2v) is 7.56. The van der Waals surface area contributed by atoms with Crippen LogP contribution in [-0.4, -0.2) is 17.9 Å². The molecule has 3 rings (SSSR count). The highest BCUT2D eigenvalue weighted by molar-refractivity contribution is 7.12. The summed E-state index contributed by atoms with van der Waals surface area (Å²) in [6, 6.07) is 17.2. The summed E-state index contributed by atoms with van der Waals surface area (Å²) >= 11 is 1.41. The monoisotopic (exact) mass is 378 g/mol. The van der Waals surface area contributed by atoms with E-state index in [2.05, 4.69) is 10.6 Å². The van der Waals surface area contributed by atoms with E-state index in [1.54, 1.807) is 12.1 Å². The standard InChI is InChI=1S/C22H22N2O2S/c1-14(2)23-21(25)18-10-9-17(13-15(18)3)24-22(26)20-19(11-12-27-20)16-7-5-4-6-8-16/h4-14H,1-3H3,(H,23,25)(H,24,26). The molecule has 0 spiro atoms. The number of thiophene rings is 1. The highest BCUT2D eigenvalue weighted by Gasteiger charge is 2.16. The summed E-state index contributed by atoms with van der Waals surface area (Å²) < 4.78 is 0. The Bertz CT molecular complexity index is 961. The molecule has 2 amide bonds. The van der Waals surface area contributed by atoms with Crippen molar-refractivity contribution in [1.82, 2.24) is 5.32 Å². The van der Waals surface area contributed by atoms with Crippen LogP contribution in [0, 0.1) is 6.92 Å². The Morgan fingerprint density at radius 2 is 1.70 bits per heavy atom. The molecule has 1 aromatic heterocycles. The summed E-state index contributed by atoms with van der Waals surface area (Å²) in [5, 5.41) is 7.74. The van der Waals surface area contributed by atoms with E-state index < -0.39 is 0 Å². The van der Waals surface area contributed by atoms with Gasteiger partial charge in [0.1, 0.15) is 0 Å². The first-order valence-electron chi connectivity index (χ1n) is 8.81. The van der Waals surface area contributed by atoms with E-state index in [0.29, 0.717) is 16.1 Å². The van der Waals surface area contributed by atoms with Crippen molar-refractivity contribution in [2.75, 3.05) is 5.32 Å². The number of aryl methyl sites for hydroxylation is 1. The van der Waals surface area contributed by atoms with Crippen molar-refractivity contribution in [3.8, 4) is 11.1 Å². The van der Waals surface area contributed by atoms with Crippen molar-refractivity contribution < 1.29 is 9.59 Å². The molecule has 2 aromatic carbocycles. The molecule has 0 saturated carbocycles. The van der Waals surface area contributed by atoms with Crippen molar-refractivity contribution in [2.45, 2.75) is 26.8 Å². The topological polar surface area (TPSA) is 58.2 Å². The molecule has 3 aromatic rings. The molecule has 0 radical (unpaired) electrons. The highest BCUT2D eigenvalue weighted by Crippen LogP contribution is 2.29. The third kappa shape index (κ3) is 4.44. The molecule has 0 aliphatic rings. The van der Waals surface area contributed by atoms with Gasteiger partial charge in [-0.25, -0.2) is 0 Å². The van der Waals surface area contributed by atoms with Crippen LogP contribution in [0.15, 0.2) is 60.0 Å². The summed E-state index contributed by atoms with van der Waals surface area (Å²) in [7, 11) is 0. The van der Waals surface area contributed by atoms with E-state index in [1.807, 2.05) is 68.6 Å². The molecular weight excluding hydrogens is 356 g/mol. The minimum absolute atomic E-state index is 0.0755. The number of benzene rings is 2. The van der Waals surface area contributed by atoms with Gasteiger partial charge in [0.05, 0.1) is 4.88 Å². The first kappa shape index (κ1) is 18.9. The molecule has 0 bridgehead atoms. The number of hydrogen-bond donors (Lipinski definition) is 2. The number of hydrogen-bond acceptors (Lipinski definition) is 3. The van der Waals surface area contributed by atoms with Crippen molar-refractivity contribution in [3.05, 3.63) is 76.0 Å². The van der Waals surface area contributed by atoms with Crippen LogP contribution in [0.4, 0.5) is 5.69 Å². The van der Waals surface area contributed by atoms with Crippen molar-refractivity contribution in [3.63, 3.8) is 0 Å². The second-order valence-electron chi connectivity index (χ2n) is 6.64. The van der Waals surface area contributed by atoms with Gasteiger partial charge in [0, 0.05) is 22.9 Å². The van der Waals surface area contributed by atoms with Crippen LogP contribution in [0.2, 0.25) is 0 Å². The average Bonchev–Trinajstić information content (AvgIpc) is 3.12. The lowest BCUT2D eigenvalue weighted by Crippen LogP contribution is -2.30. The van der Waals surface area contributed by atoms with E-state index >= 15 is 0 Å². The average molecular weight is 378 g/mol. The Morgan fingerprint density at radius 3 is 2.37 bits per heavy atom. The molecule has 2 N–H and O–H groups in total. The molecule has 0 aliphatic carbocycles. The van der Waals surface area contributed by atoms with Crippen LogP contribution in [-0.2, 0) is 0 Å². The zero-order valence-electron chi connectivity index (χ0n) is 15.6. The molecule has 0 aliphatic heterocycles.